The van der Waals surface area contributed by atoms with Gasteiger partial charge >= 0.3 is 6.01 Å². The average molecular weight is 218 g/mol. The highest BCUT2D eigenvalue weighted by atomic mass is 16.5. The van der Waals surface area contributed by atoms with Crippen LogP contribution in [0.5, 0.6) is 11.9 Å². The van der Waals surface area contributed by atoms with E-state index in [4.69, 9.17) is 15.9 Å². The molecule has 0 saturated heterocycles. The van der Waals surface area contributed by atoms with Gasteiger partial charge in [0, 0.05) is 13.1 Å². The molecule has 0 aliphatic rings. The van der Waals surface area contributed by atoms with Crippen LogP contribution in [0.3, 0.4) is 0 Å². The van der Waals surface area contributed by atoms with Crippen molar-refractivity contribution in [2.75, 3.05) is 0 Å². The fourth-order valence-electron chi connectivity index (χ4n) is 1.08. The summed E-state index contributed by atoms with van der Waals surface area (Å²) in [5, 5.41) is 11.2. The molecule has 0 fully saturated rings. The average Bonchev–Trinajstić information content (AvgIpc) is 2.64. The molecule has 2 rings (SSSR count). The third kappa shape index (κ3) is 2.14. The Labute approximate surface area is 91.4 Å². The van der Waals surface area contributed by atoms with E-state index in [1.54, 1.807) is 25.2 Å². The van der Waals surface area contributed by atoms with Crippen LogP contribution in [0.1, 0.15) is 5.69 Å². The molecule has 2 aromatic rings. The van der Waals surface area contributed by atoms with Gasteiger partial charge in [-0.2, -0.15) is 4.98 Å². The summed E-state index contributed by atoms with van der Waals surface area (Å²) in [5.41, 5.74) is 5.67. The summed E-state index contributed by atoms with van der Waals surface area (Å²) >= 11 is 0. The maximum Gasteiger partial charge on any atom is 0.342 e. The standard InChI is InChI=1S/C9H10N6O/c1-15-5-12-9(14-15)16-7-4-2-3-6(13-7)8(10)11/h2-5H,1H3,(H3,10,11). The molecule has 0 aliphatic carbocycles. The largest absolute Gasteiger partial charge is 0.404 e. The summed E-state index contributed by atoms with van der Waals surface area (Å²) < 4.78 is 6.80. The van der Waals surface area contributed by atoms with Crippen molar-refractivity contribution in [1.29, 1.82) is 5.41 Å². The number of hydrogen-bond donors (Lipinski definition) is 2. The lowest BCUT2D eigenvalue weighted by Gasteiger charge is -2.01. The van der Waals surface area contributed by atoms with Crippen molar-refractivity contribution in [3.05, 3.63) is 30.2 Å². The van der Waals surface area contributed by atoms with Crippen LogP contribution in [0.25, 0.3) is 0 Å². The molecule has 0 radical (unpaired) electrons. The maximum atomic E-state index is 7.24. The van der Waals surface area contributed by atoms with Crippen LogP contribution in [0.4, 0.5) is 0 Å². The van der Waals surface area contributed by atoms with E-state index < -0.39 is 0 Å². The van der Waals surface area contributed by atoms with Gasteiger partial charge in [-0.1, -0.05) is 6.07 Å². The number of nitrogens with two attached hydrogens (primary N) is 1. The molecule has 82 valence electrons. The first-order valence-electron chi connectivity index (χ1n) is 4.50. The van der Waals surface area contributed by atoms with Crippen LogP contribution >= 0.6 is 0 Å². The number of rotatable bonds is 3. The Morgan fingerprint density at radius 1 is 1.50 bits per heavy atom. The topological polar surface area (TPSA) is 103 Å². The smallest absolute Gasteiger partial charge is 0.342 e. The highest BCUT2D eigenvalue weighted by molar-refractivity contribution is 5.93. The van der Waals surface area contributed by atoms with Crippen LogP contribution < -0.4 is 10.5 Å². The van der Waals surface area contributed by atoms with E-state index in [0.29, 0.717) is 11.6 Å². The second-order valence-corrected chi connectivity index (χ2v) is 3.08. The Kier molecular flexibility index (Phi) is 2.50. The number of nitrogen functional groups attached to an aromatic ring is 1. The number of amidine groups is 1. The fourth-order valence-corrected chi connectivity index (χ4v) is 1.08. The second kappa shape index (κ2) is 3.97. The number of aromatic nitrogens is 4. The number of pyridine rings is 1. The van der Waals surface area contributed by atoms with Crippen molar-refractivity contribution in [2.45, 2.75) is 0 Å². The van der Waals surface area contributed by atoms with Gasteiger partial charge in [0.2, 0.25) is 5.88 Å². The monoisotopic (exact) mass is 218 g/mol. The van der Waals surface area contributed by atoms with E-state index in [9.17, 15) is 0 Å². The summed E-state index contributed by atoms with van der Waals surface area (Å²) in [5.74, 6) is 0.193. The first-order chi connectivity index (χ1) is 7.65. The molecular formula is C9H10N6O. The van der Waals surface area contributed by atoms with E-state index in [0.717, 1.165) is 0 Å². The molecule has 0 aromatic carbocycles. The van der Waals surface area contributed by atoms with Crippen LogP contribution in [0, 0.1) is 5.41 Å². The minimum Gasteiger partial charge on any atom is -0.404 e. The zero-order valence-electron chi connectivity index (χ0n) is 8.58. The van der Waals surface area contributed by atoms with Gasteiger partial charge in [0.05, 0.1) is 0 Å². The molecular weight excluding hydrogens is 208 g/mol. The maximum absolute atomic E-state index is 7.24. The van der Waals surface area contributed by atoms with Gasteiger partial charge in [0.1, 0.15) is 17.9 Å². The third-order valence-electron chi connectivity index (χ3n) is 1.77. The first kappa shape index (κ1) is 10.1. The third-order valence-corrected chi connectivity index (χ3v) is 1.77. The zero-order valence-corrected chi connectivity index (χ0v) is 8.58. The van der Waals surface area contributed by atoms with Gasteiger partial charge in [-0.25, -0.2) is 4.98 Å². The van der Waals surface area contributed by atoms with E-state index in [1.165, 1.54) is 11.0 Å². The van der Waals surface area contributed by atoms with Crippen LogP contribution in [0.2, 0.25) is 0 Å². The fraction of sp³-hybridized carbons (Fsp3) is 0.111. The summed E-state index contributed by atoms with van der Waals surface area (Å²) in [4.78, 5) is 7.91. The van der Waals surface area contributed by atoms with E-state index in [1.807, 2.05) is 0 Å². The van der Waals surface area contributed by atoms with Crippen LogP contribution in [-0.2, 0) is 7.05 Å². The summed E-state index contributed by atoms with van der Waals surface area (Å²) in [6.07, 6.45) is 1.52. The number of ether oxygens (including phenoxy) is 1. The van der Waals surface area contributed by atoms with Crippen molar-refractivity contribution in [1.82, 2.24) is 19.7 Å². The molecule has 7 heteroatoms. The Bertz CT molecular complexity index is 520. The predicted octanol–water partition coefficient (Wildman–Crippen LogP) is 0.286. The van der Waals surface area contributed by atoms with Crippen LogP contribution in [-0.4, -0.2) is 25.6 Å². The minimum atomic E-state index is -0.112. The van der Waals surface area contributed by atoms with Gasteiger partial charge in [-0.3, -0.25) is 10.1 Å². The Morgan fingerprint density at radius 3 is 2.94 bits per heavy atom. The summed E-state index contributed by atoms with van der Waals surface area (Å²) in [6.45, 7) is 0. The SMILES string of the molecule is Cn1cnc(Oc2cccc(C(=N)N)n2)n1. The lowest BCUT2D eigenvalue weighted by molar-refractivity contribution is 0.422. The number of hydrogen-bond acceptors (Lipinski definition) is 5. The molecule has 2 heterocycles. The summed E-state index contributed by atoms with van der Waals surface area (Å²) in [6, 6.07) is 5.17. The van der Waals surface area contributed by atoms with E-state index >= 15 is 0 Å². The van der Waals surface area contributed by atoms with Crippen molar-refractivity contribution in [3.63, 3.8) is 0 Å². The molecule has 0 aliphatic heterocycles. The molecule has 0 bridgehead atoms. The molecule has 7 nitrogen and oxygen atoms in total. The number of aryl methyl sites for hydroxylation is 1. The molecule has 2 aromatic heterocycles. The molecule has 0 unspecified atom stereocenters. The Hall–Kier alpha value is -2.44. The van der Waals surface area contributed by atoms with E-state index in [2.05, 4.69) is 15.1 Å². The Balaban J connectivity index is 2.21. The van der Waals surface area contributed by atoms with Crippen LogP contribution in [0.15, 0.2) is 24.5 Å². The molecule has 0 atom stereocenters. The molecule has 16 heavy (non-hydrogen) atoms. The second-order valence-electron chi connectivity index (χ2n) is 3.08. The summed E-state index contributed by atoms with van der Waals surface area (Å²) in [7, 11) is 1.74. The zero-order chi connectivity index (χ0) is 11.5. The lowest BCUT2D eigenvalue weighted by Crippen LogP contribution is -2.13. The molecule has 0 amide bonds. The van der Waals surface area contributed by atoms with Crippen molar-refractivity contribution in [3.8, 4) is 11.9 Å². The first-order valence-corrected chi connectivity index (χ1v) is 4.50. The van der Waals surface area contributed by atoms with Gasteiger partial charge < -0.3 is 10.5 Å². The van der Waals surface area contributed by atoms with Gasteiger partial charge in [-0.05, 0) is 6.07 Å². The minimum absolute atomic E-state index is 0.112. The highest BCUT2D eigenvalue weighted by Crippen LogP contribution is 2.14. The van der Waals surface area contributed by atoms with Crippen molar-refractivity contribution >= 4 is 5.84 Å². The molecule has 3 N–H and O–H groups in total. The normalized spacial score (nSPS) is 10.1. The highest BCUT2D eigenvalue weighted by Gasteiger charge is 2.05. The predicted molar refractivity (Wildman–Crippen MR) is 56.3 cm³/mol. The molecule has 0 saturated carbocycles. The van der Waals surface area contributed by atoms with Gasteiger partial charge in [0.15, 0.2) is 0 Å². The quantitative estimate of drug-likeness (QED) is 0.569. The van der Waals surface area contributed by atoms with Gasteiger partial charge in [0.25, 0.3) is 0 Å². The lowest BCUT2D eigenvalue weighted by atomic mass is 10.3. The number of nitrogens with zero attached hydrogens (tertiary/aromatic N) is 4. The van der Waals surface area contributed by atoms with E-state index in [-0.39, 0.29) is 11.8 Å². The van der Waals surface area contributed by atoms with Crippen molar-refractivity contribution in [2.24, 2.45) is 12.8 Å². The Morgan fingerprint density at radius 2 is 2.31 bits per heavy atom. The van der Waals surface area contributed by atoms with Gasteiger partial charge in [-0.15, -0.1) is 5.10 Å². The molecule has 0 spiro atoms. The van der Waals surface area contributed by atoms with Crippen molar-refractivity contribution < 1.29 is 4.74 Å². The number of nitrogens with one attached hydrogen (secondary N) is 1.